The van der Waals surface area contributed by atoms with Gasteiger partial charge in [-0.05, 0) is 74.7 Å². The summed E-state index contributed by atoms with van der Waals surface area (Å²) in [5, 5.41) is 0. The lowest BCUT2D eigenvalue weighted by atomic mass is 10.0. The van der Waals surface area contributed by atoms with E-state index in [9.17, 15) is 9.18 Å². The number of hydrogen-bond acceptors (Lipinski definition) is 5. The summed E-state index contributed by atoms with van der Waals surface area (Å²) in [5.74, 6) is 0.222. The molecule has 6 nitrogen and oxygen atoms in total. The zero-order valence-electron chi connectivity index (χ0n) is 21.2. The van der Waals surface area contributed by atoms with Gasteiger partial charge in [-0.15, -0.1) is 0 Å². The smallest absolute Gasteiger partial charge is 0.230 e. The zero-order valence-corrected chi connectivity index (χ0v) is 21.2. The molecule has 0 spiro atoms. The fraction of sp³-hybridized carbons (Fsp3) is 0.379. The highest BCUT2D eigenvalue weighted by Gasteiger charge is 2.47. The molecule has 2 N–H and O–H groups in total. The first-order valence-electron chi connectivity index (χ1n) is 12.3. The summed E-state index contributed by atoms with van der Waals surface area (Å²) in [6.07, 6.45) is 1.80. The predicted molar refractivity (Wildman–Crippen MR) is 139 cm³/mol. The molecule has 4 unspecified atom stereocenters. The molecule has 0 aliphatic heterocycles. The first-order valence-corrected chi connectivity index (χ1v) is 12.3. The van der Waals surface area contributed by atoms with Crippen LogP contribution in [0.15, 0.2) is 66.9 Å². The van der Waals surface area contributed by atoms with Crippen LogP contribution < -0.4 is 15.4 Å². The van der Waals surface area contributed by atoms with E-state index in [0.29, 0.717) is 13.0 Å². The van der Waals surface area contributed by atoms with Crippen LogP contribution in [0.5, 0.6) is 5.75 Å². The third-order valence-corrected chi connectivity index (χ3v) is 6.61. The van der Waals surface area contributed by atoms with Crippen molar-refractivity contribution < 1.29 is 18.7 Å². The van der Waals surface area contributed by atoms with Crippen molar-refractivity contribution in [1.82, 2.24) is 4.98 Å². The fourth-order valence-corrected chi connectivity index (χ4v) is 4.29. The van der Waals surface area contributed by atoms with E-state index in [1.165, 1.54) is 12.3 Å². The molecule has 1 aliphatic rings. The van der Waals surface area contributed by atoms with E-state index in [2.05, 4.69) is 4.98 Å². The van der Waals surface area contributed by atoms with Gasteiger partial charge in [-0.25, -0.2) is 4.39 Å². The predicted octanol–water partition coefficient (Wildman–Crippen LogP) is 5.17. The molecule has 1 fully saturated rings. The molecule has 1 saturated carbocycles. The van der Waals surface area contributed by atoms with Crippen molar-refractivity contribution in [3.05, 3.63) is 78.4 Å². The average molecular weight is 492 g/mol. The highest BCUT2D eigenvalue weighted by atomic mass is 19.1. The highest BCUT2D eigenvalue weighted by molar-refractivity contribution is 5.97. The maximum atomic E-state index is 13.6. The van der Waals surface area contributed by atoms with E-state index in [0.717, 1.165) is 28.3 Å². The summed E-state index contributed by atoms with van der Waals surface area (Å²) >= 11 is 0. The fourth-order valence-electron chi connectivity index (χ4n) is 4.29. The standard InChI is InChI=1S/C29H34FN3O3/c1-18(2)36-24-12-7-21(8-13-24)20-5-10-23(11-6-20)33(17-27(31)19(3)35-4)29(34)26-15-25(26)28-14-9-22(30)16-32-28/h5-14,16,18-19,25-27H,15,17,31H2,1-4H3. The second-order valence-electron chi connectivity index (χ2n) is 9.64. The summed E-state index contributed by atoms with van der Waals surface area (Å²) in [5.41, 5.74) is 9.99. The Hall–Kier alpha value is -3.29. The number of ether oxygens (including phenoxy) is 2. The number of carbonyl (C=O) groups is 1. The third kappa shape index (κ3) is 6.09. The quantitative estimate of drug-likeness (QED) is 0.423. The molecule has 3 aromatic rings. The van der Waals surface area contributed by atoms with Crippen molar-refractivity contribution in [2.75, 3.05) is 18.6 Å². The van der Waals surface area contributed by atoms with Crippen molar-refractivity contribution in [3.8, 4) is 16.9 Å². The largest absolute Gasteiger partial charge is 0.491 e. The summed E-state index contributed by atoms with van der Waals surface area (Å²) in [4.78, 5) is 19.5. The number of carbonyl (C=O) groups excluding carboxylic acids is 1. The number of pyridine rings is 1. The normalized spacial score (nSPS) is 18.5. The number of hydrogen-bond donors (Lipinski definition) is 1. The Morgan fingerprint density at radius 2 is 1.69 bits per heavy atom. The molecule has 0 bridgehead atoms. The first-order chi connectivity index (χ1) is 17.3. The summed E-state index contributed by atoms with van der Waals surface area (Å²) < 4.78 is 24.4. The molecule has 0 radical (unpaired) electrons. The van der Waals surface area contributed by atoms with Gasteiger partial charge in [0, 0.05) is 42.9 Å². The molecular weight excluding hydrogens is 457 g/mol. The Labute approximate surface area is 212 Å². The van der Waals surface area contributed by atoms with Crippen molar-refractivity contribution in [2.45, 2.75) is 51.4 Å². The Morgan fingerprint density at radius 3 is 2.25 bits per heavy atom. The molecule has 4 atom stereocenters. The van der Waals surface area contributed by atoms with E-state index < -0.39 is 0 Å². The SMILES string of the molecule is COC(C)C(N)CN(C(=O)C1CC1c1ccc(F)cn1)c1ccc(-c2ccc(OC(C)C)cc2)cc1. The molecule has 190 valence electrons. The van der Waals surface area contributed by atoms with Crippen LogP contribution in [0.1, 0.15) is 38.8 Å². The average Bonchev–Trinajstić information content (AvgIpc) is 3.68. The summed E-state index contributed by atoms with van der Waals surface area (Å²) in [7, 11) is 1.61. The van der Waals surface area contributed by atoms with Gasteiger partial charge in [0.25, 0.3) is 0 Å². The van der Waals surface area contributed by atoms with Gasteiger partial charge in [0.15, 0.2) is 0 Å². The Balaban J connectivity index is 1.53. The number of nitrogens with zero attached hydrogens (tertiary/aromatic N) is 2. The van der Waals surface area contributed by atoms with Crippen LogP contribution in [0.2, 0.25) is 0 Å². The lowest BCUT2D eigenvalue weighted by Crippen LogP contribution is -2.47. The minimum Gasteiger partial charge on any atom is -0.491 e. The van der Waals surface area contributed by atoms with E-state index >= 15 is 0 Å². The van der Waals surface area contributed by atoms with E-state index in [1.807, 2.05) is 69.3 Å². The number of aromatic nitrogens is 1. The molecule has 36 heavy (non-hydrogen) atoms. The monoisotopic (exact) mass is 491 g/mol. The van der Waals surface area contributed by atoms with Crippen LogP contribution >= 0.6 is 0 Å². The van der Waals surface area contributed by atoms with Gasteiger partial charge in [-0.1, -0.05) is 24.3 Å². The second-order valence-corrected chi connectivity index (χ2v) is 9.64. The molecule has 1 aromatic heterocycles. The van der Waals surface area contributed by atoms with Crippen molar-refractivity contribution in [2.24, 2.45) is 11.7 Å². The van der Waals surface area contributed by atoms with Crippen LogP contribution in [0, 0.1) is 11.7 Å². The minimum absolute atomic E-state index is 0.00665. The Kier molecular flexibility index (Phi) is 8.01. The van der Waals surface area contributed by atoms with E-state index in [4.69, 9.17) is 15.2 Å². The lowest BCUT2D eigenvalue weighted by Gasteiger charge is -2.29. The van der Waals surface area contributed by atoms with Gasteiger partial charge >= 0.3 is 0 Å². The highest BCUT2D eigenvalue weighted by Crippen LogP contribution is 2.48. The van der Waals surface area contributed by atoms with Crippen molar-refractivity contribution >= 4 is 11.6 Å². The summed E-state index contributed by atoms with van der Waals surface area (Å²) in [6, 6.07) is 18.6. The Morgan fingerprint density at radius 1 is 1.06 bits per heavy atom. The molecular formula is C29H34FN3O3. The number of halogens is 1. The number of methoxy groups -OCH3 is 1. The first kappa shape index (κ1) is 25.8. The second kappa shape index (κ2) is 11.2. The van der Waals surface area contributed by atoms with Crippen molar-refractivity contribution in [1.29, 1.82) is 0 Å². The van der Waals surface area contributed by atoms with Gasteiger partial charge in [-0.2, -0.15) is 0 Å². The van der Waals surface area contributed by atoms with Gasteiger partial charge < -0.3 is 20.1 Å². The molecule has 1 aliphatic carbocycles. The van der Waals surface area contributed by atoms with Crippen molar-refractivity contribution in [3.63, 3.8) is 0 Å². The van der Waals surface area contributed by atoms with Crippen LogP contribution in [0.4, 0.5) is 10.1 Å². The topological polar surface area (TPSA) is 77.7 Å². The number of benzene rings is 2. The molecule has 7 heteroatoms. The number of rotatable bonds is 10. The molecule has 4 rings (SSSR count). The van der Waals surface area contributed by atoms with E-state index in [-0.39, 0.29) is 41.8 Å². The van der Waals surface area contributed by atoms with Crippen LogP contribution in [0.3, 0.4) is 0 Å². The molecule has 2 aromatic carbocycles. The molecule has 1 amide bonds. The maximum absolute atomic E-state index is 13.6. The lowest BCUT2D eigenvalue weighted by molar-refractivity contribution is -0.120. The number of amides is 1. The van der Waals surface area contributed by atoms with Gasteiger partial charge in [0.05, 0.1) is 18.4 Å². The number of nitrogens with two attached hydrogens (primary N) is 1. The van der Waals surface area contributed by atoms with Crippen LogP contribution in [0.25, 0.3) is 11.1 Å². The van der Waals surface area contributed by atoms with Crippen LogP contribution in [-0.2, 0) is 9.53 Å². The van der Waals surface area contributed by atoms with E-state index in [1.54, 1.807) is 18.1 Å². The maximum Gasteiger partial charge on any atom is 0.230 e. The minimum atomic E-state index is -0.384. The third-order valence-electron chi connectivity index (χ3n) is 6.61. The zero-order chi connectivity index (χ0) is 25.8. The van der Waals surface area contributed by atoms with Gasteiger partial charge in [0.1, 0.15) is 11.6 Å². The molecule has 1 heterocycles. The summed E-state index contributed by atoms with van der Waals surface area (Å²) in [6.45, 7) is 6.22. The van der Waals surface area contributed by atoms with Gasteiger partial charge in [0.2, 0.25) is 5.91 Å². The van der Waals surface area contributed by atoms with Gasteiger partial charge in [-0.3, -0.25) is 9.78 Å². The molecule has 0 saturated heterocycles. The Bertz CT molecular complexity index is 1150. The van der Waals surface area contributed by atoms with Crippen LogP contribution in [-0.4, -0.2) is 42.8 Å². The number of anilines is 1.